The Balaban J connectivity index is 1.99. The summed E-state index contributed by atoms with van der Waals surface area (Å²) >= 11 is 6.33. The lowest BCUT2D eigenvalue weighted by atomic mass is 10.2. The van der Waals surface area contributed by atoms with E-state index in [4.69, 9.17) is 11.6 Å². The van der Waals surface area contributed by atoms with Crippen LogP contribution in [0.15, 0.2) is 53.6 Å². The first-order valence-electron chi connectivity index (χ1n) is 7.33. The van der Waals surface area contributed by atoms with E-state index < -0.39 is 4.92 Å². The molecule has 0 bridgehead atoms. The Bertz CT molecular complexity index is 1010. The van der Waals surface area contributed by atoms with Gasteiger partial charge in [0.1, 0.15) is 10.8 Å². The van der Waals surface area contributed by atoms with Gasteiger partial charge in [0.25, 0.3) is 5.69 Å². The van der Waals surface area contributed by atoms with Crippen molar-refractivity contribution >= 4 is 46.0 Å². The Morgan fingerprint density at radius 1 is 1.24 bits per heavy atom. The van der Waals surface area contributed by atoms with Crippen molar-refractivity contribution in [2.24, 2.45) is 5.10 Å². The highest BCUT2D eigenvalue weighted by Crippen LogP contribution is 2.29. The van der Waals surface area contributed by atoms with E-state index in [1.165, 1.54) is 23.8 Å². The van der Waals surface area contributed by atoms with E-state index in [1.54, 1.807) is 24.3 Å². The molecule has 0 aliphatic rings. The van der Waals surface area contributed by atoms with Gasteiger partial charge in [0.2, 0.25) is 5.91 Å². The van der Waals surface area contributed by atoms with Crippen LogP contribution in [0.5, 0.6) is 0 Å². The molecule has 0 spiro atoms. The lowest BCUT2D eigenvalue weighted by molar-refractivity contribution is -0.384. The molecule has 1 heterocycles. The summed E-state index contributed by atoms with van der Waals surface area (Å²) < 4.78 is 1.39. The molecule has 8 heteroatoms. The molecule has 0 saturated heterocycles. The summed E-state index contributed by atoms with van der Waals surface area (Å²) in [6.45, 7) is 1.42. The Kier molecular flexibility index (Phi) is 4.49. The molecular weight excluding hydrogens is 344 g/mol. The van der Waals surface area contributed by atoms with Crippen LogP contribution in [0.3, 0.4) is 0 Å². The second-order valence-corrected chi connectivity index (χ2v) is 5.58. The number of hydrogen-bond acceptors (Lipinski definition) is 5. The molecule has 0 aliphatic heterocycles. The number of benzene rings is 2. The quantitative estimate of drug-likeness (QED) is 0.428. The molecule has 25 heavy (non-hydrogen) atoms. The highest BCUT2D eigenvalue weighted by molar-refractivity contribution is 6.35. The van der Waals surface area contributed by atoms with Gasteiger partial charge in [-0.1, -0.05) is 41.9 Å². The number of fused-ring (bicyclic) bond motifs is 1. The molecule has 7 nitrogen and oxygen atoms in total. The predicted molar refractivity (Wildman–Crippen MR) is 97.6 cm³/mol. The van der Waals surface area contributed by atoms with Crippen LogP contribution >= 0.6 is 11.6 Å². The monoisotopic (exact) mass is 356 g/mol. The molecule has 2 aromatic carbocycles. The van der Waals surface area contributed by atoms with Crippen LogP contribution in [0.4, 0.5) is 11.4 Å². The molecule has 0 aliphatic carbocycles. The second kappa shape index (κ2) is 6.74. The van der Waals surface area contributed by atoms with E-state index in [9.17, 15) is 14.9 Å². The van der Waals surface area contributed by atoms with E-state index in [-0.39, 0.29) is 22.4 Å². The molecule has 0 radical (unpaired) electrons. The molecule has 3 aromatic rings. The fourth-order valence-corrected chi connectivity index (χ4v) is 2.92. The lowest BCUT2D eigenvalue weighted by Crippen LogP contribution is -2.05. The number of para-hydroxylation sites is 3. The summed E-state index contributed by atoms with van der Waals surface area (Å²) in [5, 5.41) is 16.1. The molecule has 0 fully saturated rings. The van der Waals surface area contributed by atoms with Gasteiger partial charge in [0, 0.05) is 23.9 Å². The molecule has 0 saturated carbocycles. The molecule has 0 atom stereocenters. The van der Waals surface area contributed by atoms with Crippen molar-refractivity contribution in [3.05, 3.63) is 69.4 Å². The third kappa shape index (κ3) is 3.09. The normalized spacial score (nSPS) is 11.1. The van der Waals surface area contributed by atoms with Crippen molar-refractivity contribution in [3.63, 3.8) is 0 Å². The SMILES string of the molecule is CC(=O)n1c(Cl)c(/C=N/Nc2ccccc2[N+](=O)[O-])c2ccccc21. The van der Waals surface area contributed by atoms with Crippen LogP contribution in [0.1, 0.15) is 17.3 Å². The number of nitrogens with one attached hydrogen (secondary N) is 1. The summed E-state index contributed by atoms with van der Waals surface area (Å²) in [4.78, 5) is 22.4. The first kappa shape index (κ1) is 16.7. The topological polar surface area (TPSA) is 89.5 Å². The maximum Gasteiger partial charge on any atom is 0.294 e. The minimum atomic E-state index is -0.494. The van der Waals surface area contributed by atoms with Crippen LogP contribution in [-0.2, 0) is 0 Å². The summed E-state index contributed by atoms with van der Waals surface area (Å²) in [5.74, 6) is -0.215. The highest BCUT2D eigenvalue weighted by atomic mass is 35.5. The van der Waals surface area contributed by atoms with E-state index >= 15 is 0 Å². The van der Waals surface area contributed by atoms with Crippen molar-refractivity contribution in [2.75, 3.05) is 5.43 Å². The van der Waals surface area contributed by atoms with Gasteiger partial charge >= 0.3 is 0 Å². The minimum absolute atomic E-state index is 0.0862. The second-order valence-electron chi connectivity index (χ2n) is 5.22. The fraction of sp³-hybridized carbons (Fsp3) is 0.0588. The van der Waals surface area contributed by atoms with Crippen LogP contribution in [0.2, 0.25) is 5.15 Å². The van der Waals surface area contributed by atoms with E-state index in [0.717, 1.165) is 5.39 Å². The standard InChI is InChI=1S/C17H13ClN4O3/c1-11(23)21-15-8-4-2-6-12(15)13(17(21)18)10-19-20-14-7-3-5-9-16(14)22(24)25/h2-10,20H,1H3/b19-10+. The van der Waals surface area contributed by atoms with Crippen molar-refractivity contribution < 1.29 is 9.72 Å². The number of nitro benzene ring substituents is 1. The first-order valence-corrected chi connectivity index (χ1v) is 7.71. The fourth-order valence-electron chi connectivity index (χ4n) is 2.56. The van der Waals surface area contributed by atoms with E-state index in [2.05, 4.69) is 10.5 Å². The third-order valence-corrected chi connectivity index (χ3v) is 4.02. The van der Waals surface area contributed by atoms with Crippen LogP contribution in [0.25, 0.3) is 10.9 Å². The largest absolute Gasteiger partial charge is 0.294 e. The number of nitrogens with zero attached hydrogens (tertiary/aromatic N) is 3. The predicted octanol–water partition coefficient (Wildman–Crippen LogP) is 4.31. The number of carbonyl (C=O) groups is 1. The van der Waals surface area contributed by atoms with E-state index in [1.807, 2.05) is 18.2 Å². The summed E-state index contributed by atoms with van der Waals surface area (Å²) in [5.41, 5.74) is 4.05. The molecule has 1 N–H and O–H groups in total. The van der Waals surface area contributed by atoms with Crippen molar-refractivity contribution in [1.82, 2.24) is 4.57 Å². The average Bonchev–Trinajstić information content (AvgIpc) is 2.87. The Hall–Kier alpha value is -3.19. The van der Waals surface area contributed by atoms with Gasteiger partial charge < -0.3 is 0 Å². The van der Waals surface area contributed by atoms with Crippen molar-refractivity contribution in [2.45, 2.75) is 6.92 Å². The number of halogens is 1. The number of nitro groups is 1. The molecule has 3 rings (SSSR count). The maximum atomic E-state index is 11.9. The molecule has 126 valence electrons. The maximum absolute atomic E-state index is 11.9. The smallest absolute Gasteiger partial charge is 0.274 e. The number of hydrogen-bond donors (Lipinski definition) is 1. The van der Waals surface area contributed by atoms with Crippen LogP contribution in [-0.4, -0.2) is 21.6 Å². The molecule has 0 unspecified atom stereocenters. The zero-order chi connectivity index (χ0) is 18.0. The third-order valence-electron chi connectivity index (χ3n) is 3.65. The molecule has 1 aromatic heterocycles. The number of rotatable bonds is 4. The Morgan fingerprint density at radius 2 is 1.92 bits per heavy atom. The van der Waals surface area contributed by atoms with Gasteiger partial charge in [0.15, 0.2) is 0 Å². The highest BCUT2D eigenvalue weighted by Gasteiger charge is 2.17. The van der Waals surface area contributed by atoms with Crippen LogP contribution < -0.4 is 5.43 Å². The number of carbonyl (C=O) groups excluding carboxylic acids is 1. The number of anilines is 1. The number of hydrazone groups is 1. The van der Waals surface area contributed by atoms with Gasteiger partial charge in [-0.25, -0.2) is 0 Å². The average molecular weight is 357 g/mol. The zero-order valence-electron chi connectivity index (χ0n) is 13.1. The van der Waals surface area contributed by atoms with Gasteiger partial charge in [-0.05, 0) is 12.1 Å². The summed E-state index contributed by atoms with van der Waals surface area (Å²) in [6, 6.07) is 13.4. The van der Waals surface area contributed by atoms with Gasteiger partial charge in [-0.15, -0.1) is 0 Å². The van der Waals surface area contributed by atoms with Crippen molar-refractivity contribution in [3.8, 4) is 0 Å². The molecular formula is C17H13ClN4O3. The Morgan fingerprint density at radius 3 is 2.64 bits per heavy atom. The van der Waals surface area contributed by atoms with Crippen molar-refractivity contribution in [1.29, 1.82) is 0 Å². The van der Waals surface area contributed by atoms with Crippen LogP contribution in [0, 0.1) is 10.1 Å². The van der Waals surface area contributed by atoms with Gasteiger partial charge in [-0.3, -0.25) is 24.9 Å². The summed E-state index contributed by atoms with van der Waals surface area (Å²) in [7, 11) is 0. The van der Waals surface area contributed by atoms with E-state index in [0.29, 0.717) is 11.1 Å². The Labute approximate surface area is 147 Å². The minimum Gasteiger partial charge on any atom is -0.274 e. The van der Waals surface area contributed by atoms with Gasteiger partial charge in [0.05, 0.1) is 16.7 Å². The zero-order valence-corrected chi connectivity index (χ0v) is 13.9. The first-order chi connectivity index (χ1) is 12.0. The summed E-state index contributed by atoms with van der Waals surface area (Å²) in [6.07, 6.45) is 1.45. The van der Waals surface area contributed by atoms with Gasteiger partial charge in [-0.2, -0.15) is 5.10 Å². The number of aromatic nitrogens is 1. The molecule has 0 amide bonds. The lowest BCUT2D eigenvalue weighted by Gasteiger charge is -2.01.